The highest BCUT2D eigenvalue weighted by Gasteiger charge is 2.14. The third-order valence-electron chi connectivity index (χ3n) is 2.96. The molecule has 0 fully saturated rings. The number of para-hydroxylation sites is 1. The van der Waals surface area contributed by atoms with Crippen LogP contribution in [0, 0.1) is 0 Å². The van der Waals surface area contributed by atoms with Crippen LogP contribution in [0.4, 0.5) is 8.78 Å². The third-order valence-corrected chi connectivity index (χ3v) is 2.96. The van der Waals surface area contributed by atoms with E-state index in [9.17, 15) is 13.6 Å². The number of carbonyl (C=O) groups is 1. The zero-order valence-corrected chi connectivity index (χ0v) is 12.9. The van der Waals surface area contributed by atoms with Crippen molar-refractivity contribution in [2.45, 2.75) is 39.3 Å². The molecule has 0 saturated heterocycles. The molecule has 0 aliphatic carbocycles. The Bertz CT molecular complexity index is 518. The number of rotatable bonds is 8. The molecule has 1 unspecified atom stereocenters. The molecule has 0 spiro atoms. The number of alkyl halides is 2. The van der Waals surface area contributed by atoms with Gasteiger partial charge < -0.3 is 14.8 Å². The number of halogens is 2. The number of ether oxygens (including phenoxy) is 2. The molecule has 0 heterocycles. The van der Waals surface area contributed by atoms with Gasteiger partial charge in [-0.2, -0.15) is 8.78 Å². The van der Waals surface area contributed by atoms with E-state index < -0.39 is 6.61 Å². The van der Waals surface area contributed by atoms with Crippen molar-refractivity contribution >= 4 is 12.0 Å². The summed E-state index contributed by atoms with van der Waals surface area (Å²) in [5, 5.41) is 2.79. The van der Waals surface area contributed by atoms with E-state index in [2.05, 4.69) is 10.1 Å². The van der Waals surface area contributed by atoms with E-state index in [1.165, 1.54) is 25.3 Å². The van der Waals surface area contributed by atoms with Crippen LogP contribution in [0.2, 0.25) is 0 Å². The van der Waals surface area contributed by atoms with Gasteiger partial charge in [0, 0.05) is 17.7 Å². The highest BCUT2D eigenvalue weighted by Crippen LogP contribution is 2.33. The van der Waals surface area contributed by atoms with Crippen molar-refractivity contribution in [1.29, 1.82) is 0 Å². The first-order valence-electron chi connectivity index (χ1n) is 7.08. The van der Waals surface area contributed by atoms with E-state index in [4.69, 9.17) is 4.74 Å². The van der Waals surface area contributed by atoms with Gasteiger partial charge in [-0.3, -0.25) is 4.79 Å². The molecule has 0 aromatic heterocycles. The first-order valence-corrected chi connectivity index (χ1v) is 7.08. The molecule has 122 valence electrons. The van der Waals surface area contributed by atoms with Gasteiger partial charge >= 0.3 is 6.61 Å². The summed E-state index contributed by atoms with van der Waals surface area (Å²) in [5.41, 5.74) is 0.345. The Labute approximate surface area is 129 Å². The van der Waals surface area contributed by atoms with Crippen LogP contribution in [0.15, 0.2) is 24.3 Å². The number of benzene rings is 1. The normalized spacial score (nSPS) is 12.5. The molecule has 0 aliphatic heterocycles. The molecule has 1 amide bonds. The van der Waals surface area contributed by atoms with Crippen molar-refractivity contribution in [3.05, 3.63) is 29.8 Å². The average molecular weight is 313 g/mol. The molecule has 1 aromatic carbocycles. The van der Waals surface area contributed by atoms with Crippen molar-refractivity contribution in [2.75, 3.05) is 7.11 Å². The van der Waals surface area contributed by atoms with Gasteiger partial charge in [0.2, 0.25) is 5.91 Å². The van der Waals surface area contributed by atoms with E-state index in [1.807, 2.05) is 13.8 Å². The maximum absolute atomic E-state index is 12.5. The zero-order chi connectivity index (χ0) is 16.5. The predicted molar refractivity (Wildman–Crippen MR) is 81.2 cm³/mol. The molecule has 4 nitrogen and oxygen atoms in total. The van der Waals surface area contributed by atoms with Crippen LogP contribution in [0.25, 0.3) is 6.08 Å². The molecule has 1 rings (SSSR count). The Morgan fingerprint density at radius 1 is 1.41 bits per heavy atom. The summed E-state index contributed by atoms with van der Waals surface area (Å²) in [6, 6.07) is 4.77. The number of carbonyl (C=O) groups excluding carboxylic acids is 1. The Morgan fingerprint density at radius 3 is 2.73 bits per heavy atom. The van der Waals surface area contributed by atoms with E-state index in [0.717, 1.165) is 12.8 Å². The number of hydrogen-bond donors (Lipinski definition) is 1. The van der Waals surface area contributed by atoms with Crippen LogP contribution < -0.4 is 14.8 Å². The van der Waals surface area contributed by atoms with Gasteiger partial charge in [0.1, 0.15) is 0 Å². The Hall–Kier alpha value is -2.11. The molecule has 0 bridgehead atoms. The molecule has 0 saturated carbocycles. The first-order chi connectivity index (χ1) is 10.5. The zero-order valence-electron chi connectivity index (χ0n) is 12.9. The molecular formula is C16H21F2NO3. The lowest BCUT2D eigenvalue weighted by Crippen LogP contribution is -2.30. The summed E-state index contributed by atoms with van der Waals surface area (Å²) in [7, 11) is 1.36. The van der Waals surface area contributed by atoms with Gasteiger partial charge in [0.15, 0.2) is 11.5 Å². The van der Waals surface area contributed by atoms with Crippen LogP contribution >= 0.6 is 0 Å². The second kappa shape index (κ2) is 9.02. The highest BCUT2D eigenvalue weighted by molar-refractivity contribution is 5.92. The van der Waals surface area contributed by atoms with Crippen molar-refractivity contribution < 1.29 is 23.0 Å². The topological polar surface area (TPSA) is 47.6 Å². The molecule has 0 aliphatic rings. The number of hydrogen-bond acceptors (Lipinski definition) is 3. The summed E-state index contributed by atoms with van der Waals surface area (Å²) >= 11 is 0. The summed E-state index contributed by atoms with van der Waals surface area (Å²) in [6.07, 6.45) is 4.55. The fraction of sp³-hybridized carbons (Fsp3) is 0.438. The lowest BCUT2D eigenvalue weighted by atomic mass is 10.1. The first kappa shape index (κ1) is 17.9. The van der Waals surface area contributed by atoms with E-state index in [1.54, 1.807) is 12.1 Å². The van der Waals surface area contributed by atoms with Crippen LogP contribution in [0.5, 0.6) is 11.5 Å². The summed E-state index contributed by atoms with van der Waals surface area (Å²) < 4.78 is 34.5. The summed E-state index contributed by atoms with van der Waals surface area (Å²) in [5.74, 6) is -0.195. The van der Waals surface area contributed by atoms with Gasteiger partial charge in [-0.1, -0.05) is 25.5 Å². The Morgan fingerprint density at radius 2 is 2.14 bits per heavy atom. The standard InChI is InChI=1S/C16H21F2NO3/c1-4-6-11(2)19-14(20)10-9-12-7-5-8-13(21-3)15(12)22-16(17)18/h5,7-11,16H,4,6H2,1-3H3,(H,19,20)/b10-9+. The largest absolute Gasteiger partial charge is 0.493 e. The average Bonchev–Trinajstić information content (AvgIpc) is 2.45. The van der Waals surface area contributed by atoms with Gasteiger partial charge in [-0.05, 0) is 25.5 Å². The number of methoxy groups -OCH3 is 1. The van der Waals surface area contributed by atoms with Crippen LogP contribution in [0.1, 0.15) is 32.3 Å². The minimum absolute atomic E-state index is 0.0595. The maximum Gasteiger partial charge on any atom is 0.387 e. The van der Waals surface area contributed by atoms with E-state index in [-0.39, 0.29) is 23.4 Å². The Kier molecular flexibility index (Phi) is 7.36. The fourth-order valence-electron chi connectivity index (χ4n) is 2.00. The molecule has 0 radical (unpaired) electrons. The number of amides is 1. The smallest absolute Gasteiger partial charge is 0.387 e. The molecule has 1 N–H and O–H groups in total. The van der Waals surface area contributed by atoms with Crippen molar-refractivity contribution in [1.82, 2.24) is 5.32 Å². The van der Waals surface area contributed by atoms with Crippen LogP contribution in [0.3, 0.4) is 0 Å². The van der Waals surface area contributed by atoms with Gasteiger partial charge in [0.05, 0.1) is 7.11 Å². The molecule has 1 aromatic rings. The lowest BCUT2D eigenvalue weighted by Gasteiger charge is -2.13. The SMILES string of the molecule is CCCC(C)NC(=O)/C=C/c1cccc(OC)c1OC(F)F. The maximum atomic E-state index is 12.5. The predicted octanol–water partition coefficient (Wildman–Crippen LogP) is 3.61. The summed E-state index contributed by atoms with van der Waals surface area (Å²) in [6.45, 7) is 0.969. The van der Waals surface area contributed by atoms with Gasteiger partial charge in [-0.25, -0.2) is 0 Å². The third kappa shape index (κ3) is 5.71. The molecule has 1 atom stereocenters. The minimum atomic E-state index is -2.97. The van der Waals surface area contributed by atoms with Crippen molar-refractivity contribution in [3.8, 4) is 11.5 Å². The fourth-order valence-corrected chi connectivity index (χ4v) is 2.00. The lowest BCUT2D eigenvalue weighted by molar-refractivity contribution is -0.117. The van der Waals surface area contributed by atoms with Crippen molar-refractivity contribution in [2.24, 2.45) is 0 Å². The molecular weight excluding hydrogens is 292 g/mol. The van der Waals surface area contributed by atoms with Gasteiger partial charge in [-0.15, -0.1) is 0 Å². The second-order valence-corrected chi connectivity index (χ2v) is 4.79. The van der Waals surface area contributed by atoms with Crippen molar-refractivity contribution in [3.63, 3.8) is 0 Å². The summed E-state index contributed by atoms with van der Waals surface area (Å²) in [4.78, 5) is 11.8. The Balaban J connectivity index is 2.87. The van der Waals surface area contributed by atoms with E-state index >= 15 is 0 Å². The van der Waals surface area contributed by atoms with E-state index in [0.29, 0.717) is 5.56 Å². The van der Waals surface area contributed by atoms with Crippen LogP contribution in [-0.4, -0.2) is 25.7 Å². The van der Waals surface area contributed by atoms with Gasteiger partial charge in [0.25, 0.3) is 0 Å². The minimum Gasteiger partial charge on any atom is -0.493 e. The van der Waals surface area contributed by atoms with Crippen LogP contribution in [-0.2, 0) is 4.79 Å². The highest BCUT2D eigenvalue weighted by atomic mass is 19.3. The molecule has 6 heteroatoms. The quantitative estimate of drug-likeness (QED) is 0.746. The number of nitrogens with one attached hydrogen (secondary N) is 1. The molecule has 22 heavy (non-hydrogen) atoms. The monoisotopic (exact) mass is 313 g/mol. The second-order valence-electron chi connectivity index (χ2n) is 4.79.